The molecule has 0 saturated carbocycles. The third-order valence-corrected chi connectivity index (χ3v) is 9.59. The van der Waals surface area contributed by atoms with Crippen LogP contribution in [0.2, 0.25) is 0 Å². The zero-order chi connectivity index (χ0) is 34.7. The van der Waals surface area contributed by atoms with E-state index < -0.39 is 47.3 Å². The van der Waals surface area contributed by atoms with Crippen molar-refractivity contribution >= 4 is 33.5 Å². The highest BCUT2D eigenvalue weighted by Crippen LogP contribution is 2.46. The molecule has 2 aromatic carbocycles. The second-order valence-electron chi connectivity index (χ2n) is 12.8. The number of phenolic OH excluding ortho intramolecular Hbond substituents is 1. The van der Waals surface area contributed by atoms with Crippen LogP contribution in [0.4, 0.5) is 27.8 Å². The van der Waals surface area contributed by atoms with Crippen molar-refractivity contribution in [2.45, 2.75) is 43.2 Å². The smallest absolute Gasteiger partial charge is 0.320 e. The maximum absolute atomic E-state index is 16.1. The van der Waals surface area contributed by atoms with Gasteiger partial charge in [-0.25, -0.2) is 26.9 Å². The number of ether oxygens (including phenoxy) is 1. The van der Waals surface area contributed by atoms with Crippen LogP contribution in [0.5, 0.6) is 11.8 Å². The summed E-state index contributed by atoms with van der Waals surface area (Å²) in [7, 11) is 0. The molecule has 2 atom stereocenters. The van der Waals surface area contributed by atoms with Gasteiger partial charge >= 0.3 is 6.01 Å². The summed E-state index contributed by atoms with van der Waals surface area (Å²) < 4.78 is 80.1. The molecule has 0 unspecified atom stereocenters. The van der Waals surface area contributed by atoms with E-state index in [2.05, 4.69) is 21.5 Å². The number of pyridine rings is 1. The molecule has 49 heavy (non-hydrogen) atoms. The molecule has 15 heteroatoms. The summed E-state index contributed by atoms with van der Waals surface area (Å²) in [5, 5.41) is 20.3. The summed E-state index contributed by atoms with van der Waals surface area (Å²) in [5.41, 5.74) is -1.35. The molecule has 4 aromatic rings. The lowest BCUT2D eigenvalue weighted by molar-refractivity contribution is -0.131. The van der Waals surface area contributed by atoms with Gasteiger partial charge < -0.3 is 19.6 Å². The van der Waals surface area contributed by atoms with Gasteiger partial charge in [0.05, 0.1) is 36.0 Å². The molecule has 0 bridgehead atoms. The number of nitriles is 1. The van der Waals surface area contributed by atoms with E-state index in [-0.39, 0.29) is 84.5 Å². The molecule has 3 aliphatic rings. The quantitative estimate of drug-likeness (QED) is 0.200. The minimum absolute atomic E-state index is 0.00610. The lowest BCUT2D eigenvalue weighted by atomic mass is 9.94. The average molecular weight is 680 g/mol. The molecular formula is C34H30F5N7O3. The fraction of sp³-hybridized carbons (Fsp3) is 0.382. The molecule has 0 spiro atoms. The van der Waals surface area contributed by atoms with Crippen LogP contribution in [-0.4, -0.2) is 92.6 Å². The number of halogens is 5. The van der Waals surface area contributed by atoms with Crippen LogP contribution in [-0.2, 0) is 4.79 Å². The van der Waals surface area contributed by atoms with Crippen molar-refractivity contribution in [1.82, 2.24) is 24.8 Å². The second-order valence-corrected chi connectivity index (χ2v) is 12.8. The number of alkyl halides is 2. The molecule has 254 valence electrons. The highest BCUT2D eigenvalue weighted by molar-refractivity contribution is 5.99. The second kappa shape index (κ2) is 12.1. The summed E-state index contributed by atoms with van der Waals surface area (Å²) in [5.74, 6) is -6.68. The van der Waals surface area contributed by atoms with E-state index in [9.17, 15) is 28.3 Å². The first-order chi connectivity index (χ1) is 23.4. The number of aromatic nitrogens is 3. The number of benzene rings is 2. The van der Waals surface area contributed by atoms with Gasteiger partial charge in [-0.3, -0.25) is 9.69 Å². The number of amides is 1. The first-order valence-corrected chi connectivity index (χ1v) is 15.7. The number of aromatic hydroxyl groups is 1. The predicted molar refractivity (Wildman–Crippen MR) is 169 cm³/mol. The summed E-state index contributed by atoms with van der Waals surface area (Å²) in [6.45, 7) is 3.10. The fourth-order valence-electron chi connectivity index (χ4n) is 7.46. The number of rotatable bonds is 7. The maximum atomic E-state index is 16.1. The summed E-state index contributed by atoms with van der Waals surface area (Å²) in [4.78, 5) is 30.5. The number of piperazine rings is 1. The van der Waals surface area contributed by atoms with E-state index in [4.69, 9.17) is 4.74 Å². The zero-order valence-corrected chi connectivity index (χ0v) is 26.1. The highest BCUT2D eigenvalue weighted by Gasteiger charge is 2.57. The Bertz CT molecular complexity index is 2060. The third kappa shape index (κ3) is 5.83. The number of carbonyl (C=O) groups excluding carboxylic acids is 1. The van der Waals surface area contributed by atoms with Gasteiger partial charge in [0.2, 0.25) is 0 Å². The number of fused-ring (bicyclic) bond motifs is 3. The highest BCUT2D eigenvalue weighted by atomic mass is 19.3. The fourth-order valence-corrected chi connectivity index (χ4v) is 7.46. The number of hydrogen-bond donors (Lipinski definition) is 1. The predicted octanol–water partition coefficient (Wildman–Crippen LogP) is 5.50. The molecule has 1 amide bonds. The molecule has 3 aliphatic heterocycles. The van der Waals surface area contributed by atoms with Gasteiger partial charge in [-0.1, -0.05) is 18.7 Å². The number of carbonyl (C=O) groups is 1. The van der Waals surface area contributed by atoms with Crippen molar-refractivity contribution in [3.05, 3.63) is 60.4 Å². The Labute approximate surface area is 277 Å². The van der Waals surface area contributed by atoms with E-state index in [1.165, 1.54) is 29.2 Å². The van der Waals surface area contributed by atoms with E-state index in [0.29, 0.717) is 18.4 Å². The van der Waals surface area contributed by atoms with Gasteiger partial charge in [0, 0.05) is 37.0 Å². The van der Waals surface area contributed by atoms with Gasteiger partial charge in [0.25, 0.3) is 11.8 Å². The Hall–Kier alpha value is -5.10. The Morgan fingerprint density at radius 3 is 2.71 bits per heavy atom. The Balaban J connectivity index is 1.34. The van der Waals surface area contributed by atoms with Crippen LogP contribution in [0, 0.1) is 23.0 Å². The molecule has 3 saturated heterocycles. The van der Waals surface area contributed by atoms with Gasteiger partial charge in [-0.15, -0.1) is 0 Å². The van der Waals surface area contributed by atoms with Crippen molar-refractivity contribution in [3.63, 3.8) is 0 Å². The summed E-state index contributed by atoms with van der Waals surface area (Å²) >= 11 is 0. The topological polar surface area (TPSA) is 119 Å². The van der Waals surface area contributed by atoms with Crippen LogP contribution in [0.15, 0.2) is 48.8 Å². The molecule has 5 heterocycles. The molecule has 10 nitrogen and oxygen atoms in total. The number of phenols is 1. The van der Waals surface area contributed by atoms with E-state index in [0.717, 1.165) is 12.5 Å². The zero-order valence-electron chi connectivity index (χ0n) is 26.1. The van der Waals surface area contributed by atoms with Crippen LogP contribution >= 0.6 is 0 Å². The number of hydrogen-bond acceptors (Lipinski definition) is 9. The minimum atomic E-state index is -2.88. The van der Waals surface area contributed by atoms with Gasteiger partial charge in [-0.2, -0.15) is 15.2 Å². The summed E-state index contributed by atoms with van der Waals surface area (Å²) in [6, 6.07) is 8.85. The van der Waals surface area contributed by atoms with Gasteiger partial charge in [-0.05, 0) is 49.0 Å². The Kier molecular flexibility index (Phi) is 8.01. The van der Waals surface area contributed by atoms with Crippen molar-refractivity contribution in [3.8, 4) is 29.1 Å². The number of nitrogens with zero attached hydrogens (tertiary/aromatic N) is 7. The van der Waals surface area contributed by atoms with Crippen molar-refractivity contribution in [2.24, 2.45) is 0 Å². The third-order valence-electron chi connectivity index (χ3n) is 9.59. The summed E-state index contributed by atoms with van der Waals surface area (Å²) in [6.07, 6.45) is 0.659. The number of anilines is 1. The van der Waals surface area contributed by atoms with Gasteiger partial charge in [0.15, 0.2) is 11.5 Å². The van der Waals surface area contributed by atoms with E-state index in [1.807, 2.05) is 6.07 Å². The van der Waals surface area contributed by atoms with E-state index >= 15 is 8.78 Å². The molecular weight excluding hydrogens is 649 g/mol. The standard InChI is InChI=1S/C34H30F5N7O3/c1-19(35)31(48)46-11-10-44(15-21(46)6-8-40)30-24-14-26(37)28(23-13-22(47)12-20-4-2-5-25(36)27(20)23)41-29(24)42-32(43-30)49-18-33-7-3-9-45(33)17-34(38,39)16-33/h2,4-5,12-14,21,47H,1,3,6-7,9-11,15-18H2/t21-,33-/m0/s1. The minimum Gasteiger partial charge on any atom is -0.508 e. The SMILES string of the molecule is C=C(F)C(=O)N1CCN(c2nc(OC[C@@]34CCCN3CC(F)(F)C4)nc3nc(-c4cc(O)cc5cccc(F)c45)c(F)cc23)C[C@@H]1CC#N. The van der Waals surface area contributed by atoms with Crippen molar-refractivity contribution in [1.29, 1.82) is 5.26 Å². The van der Waals surface area contributed by atoms with Crippen molar-refractivity contribution in [2.75, 3.05) is 44.2 Å². The van der Waals surface area contributed by atoms with Crippen LogP contribution < -0.4 is 9.64 Å². The maximum Gasteiger partial charge on any atom is 0.320 e. The molecule has 3 fully saturated rings. The first kappa shape index (κ1) is 32.4. The largest absolute Gasteiger partial charge is 0.508 e. The molecule has 1 N–H and O–H groups in total. The van der Waals surface area contributed by atoms with Gasteiger partial charge in [0.1, 0.15) is 35.5 Å². The lowest BCUT2D eigenvalue weighted by Crippen LogP contribution is -2.55. The Morgan fingerprint density at radius 2 is 1.94 bits per heavy atom. The van der Waals surface area contributed by atoms with Crippen LogP contribution in [0.3, 0.4) is 0 Å². The van der Waals surface area contributed by atoms with Crippen LogP contribution in [0.1, 0.15) is 25.7 Å². The Morgan fingerprint density at radius 1 is 1.12 bits per heavy atom. The van der Waals surface area contributed by atoms with Crippen LogP contribution in [0.25, 0.3) is 33.1 Å². The normalized spacial score (nSPS) is 22.0. The van der Waals surface area contributed by atoms with E-state index in [1.54, 1.807) is 15.9 Å². The lowest BCUT2D eigenvalue weighted by Gasteiger charge is -2.41. The van der Waals surface area contributed by atoms with Crippen molar-refractivity contribution < 1.29 is 36.6 Å². The molecule has 0 aliphatic carbocycles. The molecule has 7 rings (SSSR count). The molecule has 0 radical (unpaired) electrons. The first-order valence-electron chi connectivity index (χ1n) is 15.7. The average Bonchev–Trinajstić information content (AvgIpc) is 3.54. The molecule has 2 aromatic heterocycles. The monoisotopic (exact) mass is 679 g/mol.